The Hall–Kier alpha value is -1.62. The predicted molar refractivity (Wildman–Crippen MR) is 69.1 cm³/mol. The largest absolute Gasteiger partial charge is 0.383 e. The van der Waals surface area contributed by atoms with E-state index >= 15 is 0 Å². The molecule has 3 heterocycles. The van der Waals surface area contributed by atoms with Crippen molar-refractivity contribution in [3.8, 4) is 0 Å². The van der Waals surface area contributed by atoms with E-state index in [0.717, 1.165) is 19.6 Å². The van der Waals surface area contributed by atoms with Crippen LogP contribution in [0.3, 0.4) is 0 Å². The van der Waals surface area contributed by atoms with Crippen molar-refractivity contribution in [2.45, 2.75) is 18.9 Å². The number of amides is 1. The molecule has 2 N–H and O–H groups in total. The van der Waals surface area contributed by atoms with Crippen LogP contribution in [0.4, 0.5) is 5.82 Å². The zero-order valence-corrected chi connectivity index (χ0v) is 10.4. The number of nitrogens with two attached hydrogens (primary N) is 1. The van der Waals surface area contributed by atoms with Crippen molar-refractivity contribution in [1.29, 1.82) is 0 Å². The molecular weight excluding hydrogens is 228 g/mol. The first kappa shape index (κ1) is 11.5. The lowest BCUT2D eigenvalue weighted by Gasteiger charge is -2.37. The van der Waals surface area contributed by atoms with Crippen LogP contribution in [0.15, 0.2) is 18.3 Å². The van der Waals surface area contributed by atoms with Crippen LogP contribution < -0.4 is 5.73 Å². The summed E-state index contributed by atoms with van der Waals surface area (Å²) >= 11 is 0. The maximum Gasteiger partial charge on any atom is 0.257 e. The Kier molecular flexibility index (Phi) is 2.91. The van der Waals surface area contributed by atoms with E-state index in [9.17, 15) is 4.79 Å². The highest BCUT2D eigenvalue weighted by Crippen LogP contribution is 2.23. The molecule has 18 heavy (non-hydrogen) atoms. The zero-order chi connectivity index (χ0) is 12.5. The maximum absolute atomic E-state index is 12.4. The molecule has 0 bridgehead atoms. The highest BCUT2D eigenvalue weighted by Gasteiger charge is 2.33. The summed E-state index contributed by atoms with van der Waals surface area (Å²) in [5, 5.41) is 0. The fourth-order valence-electron chi connectivity index (χ4n) is 2.94. The molecule has 2 saturated heterocycles. The Morgan fingerprint density at radius 2 is 2.28 bits per heavy atom. The molecule has 0 spiro atoms. The molecule has 1 atom stereocenters. The summed E-state index contributed by atoms with van der Waals surface area (Å²) in [6.45, 7) is 3.79. The van der Waals surface area contributed by atoms with Gasteiger partial charge >= 0.3 is 0 Å². The first-order valence-electron chi connectivity index (χ1n) is 6.49. The van der Waals surface area contributed by atoms with Gasteiger partial charge in [0.15, 0.2) is 0 Å². The van der Waals surface area contributed by atoms with E-state index in [4.69, 9.17) is 5.73 Å². The average Bonchev–Trinajstić information content (AvgIpc) is 2.85. The van der Waals surface area contributed by atoms with Crippen LogP contribution in [0, 0.1) is 0 Å². The maximum atomic E-state index is 12.4. The lowest BCUT2D eigenvalue weighted by molar-refractivity contribution is 0.0572. The van der Waals surface area contributed by atoms with Gasteiger partial charge in [0.2, 0.25) is 0 Å². The topological polar surface area (TPSA) is 62.5 Å². The zero-order valence-electron chi connectivity index (χ0n) is 10.4. The SMILES string of the molecule is Nc1ncccc1C(=O)N1CCN2CCCC2C1. The van der Waals surface area contributed by atoms with E-state index in [-0.39, 0.29) is 5.91 Å². The highest BCUT2D eigenvalue weighted by atomic mass is 16.2. The van der Waals surface area contributed by atoms with E-state index in [0.29, 0.717) is 17.4 Å². The summed E-state index contributed by atoms with van der Waals surface area (Å²) in [5.41, 5.74) is 6.30. The van der Waals surface area contributed by atoms with Gasteiger partial charge in [-0.2, -0.15) is 0 Å². The number of piperazine rings is 1. The number of pyridine rings is 1. The summed E-state index contributed by atoms with van der Waals surface area (Å²) in [4.78, 5) is 20.8. The molecule has 1 unspecified atom stereocenters. The second-order valence-electron chi connectivity index (χ2n) is 5.02. The molecular formula is C13H18N4O. The number of nitrogens with zero attached hydrogens (tertiary/aromatic N) is 3. The average molecular weight is 246 g/mol. The Labute approximate surface area is 107 Å². The minimum absolute atomic E-state index is 0.0205. The molecule has 0 aliphatic carbocycles. The second-order valence-corrected chi connectivity index (χ2v) is 5.02. The molecule has 0 aromatic carbocycles. The number of fused-ring (bicyclic) bond motifs is 1. The standard InChI is InChI=1S/C13H18N4O/c14-12-11(4-1-5-15-12)13(18)17-8-7-16-6-2-3-10(16)9-17/h1,4-5,10H,2-3,6-9H2,(H2,14,15). The Morgan fingerprint density at radius 3 is 3.11 bits per heavy atom. The number of aromatic nitrogens is 1. The van der Waals surface area contributed by atoms with Gasteiger partial charge in [0, 0.05) is 31.9 Å². The Balaban J connectivity index is 1.75. The summed E-state index contributed by atoms with van der Waals surface area (Å²) in [6, 6.07) is 4.06. The number of hydrogen-bond donors (Lipinski definition) is 1. The fourth-order valence-corrected chi connectivity index (χ4v) is 2.94. The molecule has 1 aromatic heterocycles. The van der Waals surface area contributed by atoms with E-state index in [2.05, 4.69) is 9.88 Å². The van der Waals surface area contributed by atoms with Gasteiger partial charge in [-0.15, -0.1) is 0 Å². The summed E-state index contributed by atoms with van der Waals surface area (Å²) < 4.78 is 0. The van der Waals surface area contributed by atoms with Gasteiger partial charge < -0.3 is 10.6 Å². The van der Waals surface area contributed by atoms with Gasteiger partial charge in [0.1, 0.15) is 5.82 Å². The summed E-state index contributed by atoms with van der Waals surface area (Å²) in [5.74, 6) is 0.350. The van der Waals surface area contributed by atoms with Crippen molar-refractivity contribution in [3.63, 3.8) is 0 Å². The van der Waals surface area contributed by atoms with Crippen molar-refractivity contribution in [3.05, 3.63) is 23.9 Å². The molecule has 1 amide bonds. The van der Waals surface area contributed by atoms with Crippen LogP contribution in [-0.4, -0.2) is 52.9 Å². The molecule has 1 aromatic rings. The highest BCUT2D eigenvalue weighted by molar-refractivity contribution is 5.98. The molecule has 0 radical (unpaired) electrons. The van der Waals surface area contributed by atoms with Crippen molar-refractivity contribution in [2.75, 3.05) is 31.9 Å². The number of rotatable bonds is 1. The summed E-state index contributed by atoms with van der Waals surface area (Å²) in [7, 11) is 0. The van der Waals surface area contributed by atoms with Crippen molar-refractivity contribution < 1.29 is 4.79 Å². The monoisotopic (exact) mass is 246 g/mol. The normalized spacial score (nSPS) is 24.0. The van der Waals surface area contributed by atoms with Gasteiger partial charge in [-0.05, 0) is 31.5 Å². The molecule has 3 rings (SSSR count). The quantitative estimate of drug-likeness (QED) is 0.787. The molecule has 2 aliphatic rings. The fraction of sp³-hybridized carbons (Fsp3) is 0.538. The van der Waals surface area contributed by atoms with Crippen LogP contribution in [0.2, 0.25) is 0 Å². The van der Waals surface area contributed by atoms with Gasteiger partial charge in [0.05, 0.1) is 5.56 Å². The number of anilines is 1. The lowest BCUT2D eigenvalue weighted by Crippen LogP contribution is -2.52. The molecule has 5 nitrogen and oxygen atoms in total. The van der Waals surface area contributed by atoms with Gasteiger partial charge in [-0.3, -0.25) is 9.69 Å². The number of carbonyl (C=O) groups is 1. The number of carbonyl (C=O) groups excluding carboxylic acids is 1. The molecule has 2 aliphatic heterocycles. The third-order valence-corrected chi connectivity index (χ3v) is 3.94. The Bertz CT molecular complexity index is 462. The molecule has 0 saturated carbocycles. The van der Waals surface area contributed by atoms with Crippen molar-refractivity contribution >= 4 is 11.7 Å². The van der Waals surface area contributed by atoms with Crippen molar-refractivity contribution in [2.24, 2.45) is 0 Å². The van der Waals surface area contributed by atoms with Crippen LogP contribution in [0.5, 0.6) is 0 Å². The molecule has 5 heteroatoms. The number of nitrogen functional groups attached to an aromatic ring is 1. The lowest BCUT2D eigenvalue weighted by atomic mass is 10.1. The summed E-state index contributed by atoms with van der Waals surface area (Å²) in [6.07, 6.45) is 4.06. The minimum atomic E-state index is 0.0205. The first-order chi connectivity index (χ1) is 8.75. The molecule has 96 valence electrons. The van der Waals surface area contributed by atoms with E-state index in [1.807, 2.05) is 4.90 Å². The third kappa shape index (κ3) is 1.95. The van der Waals surface area contributed by atoms with Gasteiger partial charge in [0.25, 0.3) is 5.91 Å². The third-order valence-electron chi connectivity index (χ3n) is 3.94. The second kappa shape index (κ2) is 4.57. The predicted octanol–water partition coefficient (Wildman–Crippen LogP) is 0.584. The van der Waals surface area contributed by atoms with E-state index < -0.39 is 0 Å². The van der Waals surface area contributed by atoms with Crippen LogP contribution in [0.25, 0.3) is 0 Å². The van der Waals surface area contributed by atoms with Gasteiger partial charge in [-0.1, -0.05) is 0 Å². The molecule has 2 fully saturated rings. The van der Waals surface area contributed by atoms with E-state index in [1.54, 1.807) is 18.3 Å². The Morgan fingerprint density at radius 1 is 1.39 bits per heavy atom. The van der Waals surface area contributed by atoms with Crippen LogP contribution in [0.1, 0.15) is 23.2 Å². The number of hydrogen-bond acceptors (Lipinski definition) is 4. The van der Waals surface area contributed by atoms with Crippen LogP contribution >= 0.6 is 0 Å². The van der Waals surface area contributed by atoms with Crippen LogP contribution in [-0.2, 0) is 0 Å². The first-order valence-corrected chi connectivity index (χ1v) is 6.49. The van der Waals surface area contributed by atoms with Gasteiger partial charge in [-0.25, -0.2) is 4.98 Å². The minimum Gasteiger partial charge on any atom is -0.383 e. The van der Waals surface area contributed by atoms with Crippen molar-refractivity contribution in [1.82, 2.24) is 14.8 Å². The van der Waals surface area contributed by atoms with E-state index in [1.165, 1.54) is 19.4 Å². The smallest absolute Gasteiger partial charge is 0.257 e.